The second kappa shape index (κ2) is 4.96. The van der Waals surface area contributed by atoms with Crippen molar-refractivity contribution >= 4 is 0 Å². The lowest BCUT2D eigenvalue weighted by atomic mass is 9.88. The van der Waals surface area contributed by atoms with Gasteiger partial charge in [-0.1, -0.05) is 0 Å². The minimum atomic E-state index is -0.248. The van der Waals surface area contributed by atoms with E-state index in [1.165, 1.54) is 0 Å². The largest absolute Gasteiger partial charge is 0.301 e. The molecule has 0 spiro atoms. The summed E-state index contributed by atoms with van der Waals surface area (Å²) < 4.78 is 25.4. The Labute approximate surface area is 96.6 Å². The van der Waals surface area contributed by atoms with Gasteiger partial charge in [0.2, 0.25) is 0 Å². The summed E-state index contributed by atoms with van der Waals surface area (Å²) in [5, 5.41) is 0. The molecule has 2 saturated heterocycles. The van der Waals surface area contributed by atoms with Crippen LogP contribution in [0.1, 0.15) is 12.8 Å². The van der Waals surface area contributed by atoms with Crippen molar-refractivity contribution in [2.45, 2.75) is 24.9 Å². The van der Waals surface area contributed by atoms with Crippen molar-refractivity contribution < 1.29 is 8.78 Å². The molecule has 94 valence electrons. The lowest BCUT2D eigenvalue weighted by molar-refractivity contribution is 0.250. The molecule has 0 bridgehead atoms. The number of halogens is 2. The van der Waals surface area contributed by atoms with Crippen LogP contribution < -0.4 is 0 Å². The Kier molecular flexibility index (Phi) is 3.80. The topological polar surface area (TPSA) is 6.48 Å². The first kappa shape index (κ1) is 12.2. The van der Waals surface area contributed by atoms with Gasteiger partial charge < -0.3 is 9.80 Å². The zero-order chi connectivity index (χ0) is 11.7. The van der Waals surface area contributed by atoms with Crippen LogP contribution in [-0.4, -0.2) is 62.4 Å². The summed E-state index contributed by atoms with van der Waals surface area (Å²) in [7, 11) is 3.99. The van der Waals surface area contributed by atoms with Crippen LogP contribution in [0, 0.1) is 11.8 Å². The second-order valence-electron chi connectivity index (χ2n) is 5.49. The fourth-order valence-electron chi connectivity index (χ4n) is 3.29. The zero-order valence-corrected chi connectivity index (χ0v) is 10.2. The fourth-order valence-corrected chi connectivity index (χ4v) is 3.29. The minimum Gasteiger partial charge on any atom is -0.301 e. The van der Waals surface area contributed by atoms with Crippen LogP contribution in [0.5, 0.6) is 0 Å². The monoisotopic (exact) mass is 232 g/mol. The van der Waals surface area contributed by atoms with Crippen LogP contribution >= 0.6 is 0 Å². The second-order valence-corrected chi connectivity index (χ2v) is 5.49. The highest BCUT2D eigenvalue weighted by molar-refractivity contribution is 4.93. The molecular formula is C12H22F2N2. The van der Waals surface area contributed by atoms with Crippen LogP contribution in [0.2, 0.25) is 0 Å². The van der Waals surface area contributed by atoms with Gasteiger partial charge >= 0.3 is 0 Å². The highest BCUT2D eigenvalue weighted by Gasteiger charge is 2.39. The van der Waals surface area contributed by atoms with Crippen molar-refractivity contribution in [3.05, 3.63) is 0 Å². The number of rotatable bonds is 3. The first-order valence-corrected chi connectivity index (χ1v) is 6.18. The Balaban J connectivity index is 1.91. The summed E-state index contributed by atoms with van der Waals surface area (Å²) in [6, 6.07) is 0.194. The smallest absolute Gasteiger partial charge is 0.105 e. The molecule has 0 amide bonds. The van der Waals surface area contributed by atoms with E-state index < -0.39 is 0 Å². The summed E-state index contributed by atoms with van der Waals surface area (Å²) >= 11 is 0. The summed E-state index contributed by atoms with van der Waals surface area (Å²) in [4.78, 5) is 4.24. The molecule has 0 aromatic heterocycles. The van der Waals surface area contributed by atoms with E-state index in [0.717, 1.165) is 25.9 Å². The molecule has 2 aliphatic heterocycles. The molecule has 0 aliphatic carbocycles. The van der Waals surface area contributed by atoms with Crippen LogP contribution in [0.25, 0.3) is 0 Å². The minimum absolute atomic E-state index is 0.0970. The van der Waals surface area contributed by atoms with Gasteiger partial charge in [-0.2, -0.15) is 0 Å². The van der Waals surface area contributed by atoms with Gasteiger partial charge in [-0.05, 0) is 38.8 Å². The predicted molar refractivity (Wildman–Crippen MR) is 61.0 cm³/mol. The van der Waals surface area contributed by atoms with Crippen molar-refractivity contribution in [2.75, 3.05) is 40.5 Å². The Morgan fingerprint density at radius 3 is 1.50 bits per heavy atom. The Hall–Kier alpha value is -0.220. The Morgan fingerprint density at radius 2 is 1.25 bits per heavy atom. The molecule has 2 heterocycles. The molecule has 0 saturated carbocycles. The zero-order valence-electron chi connectivity index (χ0n) is 10.2. The number of nitrogens with zero attached hydrogens (tertiary/aromatic N) is 2. The molecule has 4 heteroatoms. The van der Waals surface area contributed by atoms with E-state index in [1.54, 1.807) is 0 Å². The average Bonchev–Trinajstić information content (AvgIpc) is 2.81. The normalized spacial score (nSPS) is 42.0. The van der Waals surface area contributed by atoms with Crippen molar-refractivity contribution in [1.82, 2.24) is 9.80 Å². The molecule has 2 fully saturated rings. The van der Waals surface area contributed by atoms with E-state index in [4.69, 9.17) is 0 Å². The molecule has 16 heavy (non-hydrogen) atoms. The molecule has 0 N–H and O–H groups in total. The lowest BCUT2D eigenvalue weighted by Gasteiger charge is -2.17. The van der Waals surface area contributed by atoms with E-state index in [-0.39, 0.29) is 25.4 Å². The van der Waals surface area contributed by atoms with E-state index in [2.05, 4.69) is 9.80 Å². The van der Waals surface area contributed by atoms with Crippen LogP contribution in [0.15, 0.2) is 0 Å². The number of hydrogen-bond donors (Lipinski definition) is 0. The SMILES string of the molecule is CN1CC(C2C[C@H](CF)N(C)C2)CC1CF. The maximum absolute atomic E-state index is 12.7. The summed E-state index contributed by atoms with van der Waals surface area (Å²) in [5.74, 6) is 1.12. The third kappa shape index (κ3) is 2.23. The first-order chi connectivity index (χ1) is 7.65. The highest BCUT2D eigenvalue weighted by atomic mass is 19.1. The Bertz CT molecular complexity index is 213. The fraction of sp³-hybridized carbons (Fsp3) is 1.00. The maximum Gasteiger partial charge on any atom is 0.105 e. The Morgan fingerprint density at radius 1 is 0.875 bits per heavy atom. The van der Waals surface area contributed by atoms with Gasteiger partial charge in [-0.3, -0.25) is 0 Å². The molecule has 0 radical (unpaired) electrons. The highest BCUT2D eigenvalue weighted by Crippen LogP contribution is 2.35. The third-order valence-electron chi connectivity index (χ3n) is 4.46. The van der Waals surface area contributed by atoms with Crippen LogP contribution in [0.4, 0.5) is 8.78 Å². The van der Waals surface area contributed by atoms with Gasteiger partial charge in [0.25, 0.3) is 0 Å². The molecule has 0 aromatic rings. The van der Waals surface area contributed by atoms with Crippen molar-refractivity contribution in [2.24, 2.45) is 11.8 Å². The maximum atomic E-state index is 12.7. The number of likely N-dealkylation sites (tertiary alicyclic amines) is 2. The van der Waals surface area contributed by atoms with Gasteiger partial charge in [0.05, 0.1) is 0 Å². The van der Waals surface area contributed by atoms with Crippen molar-refractivity contribution in [1.29, 1.82) is 0 Å². The molecule has 2 aliphatic rings. The number of hydrogen-bond acceptors (Lipinski definition) is 2. The van der Waals surface area contributed by atoms with E-state index >= 15 is 0 Å². The van der Waals surface area contributed by atoms with Gasteiger partial charge in [-0.25, -0.2) is 8.78 Å². The molecule has 2 nitrogen and oxygen atoms in total. The number of alkyl halides is 2. The standard InChI is InChI=1S/C12H22F2N2/c1-15-7-9(3-11(15)5-13)10-4-12(6-14)16(2)8-10/h9-12H,3-8H2,1-2H3/t9?,10?,11-,12?/m1/s1. The molecule has 4 atom stereocenters. The van der Waals surface area contributed by atoms with E-state index in [9.17, 15) is 8.78 Å². The quantitative estimate of drug-likeness (QED) is 0.728. The van der Waals surface area contributed by atoms with E-state index in [1.807, 2.05) is 14.1 Å². The van der Waals surface area contributed by atoms with Crippen molar-refractivity contribution in [3.63, 3.8) is 0 Å². The van der Waals surface area contributed by atoms with Gasteiger partial charge in [0, 0.05) is 25.2 Å². The molecule has 2 rings (SSSR count). The van der Waals surface area contributed by atoms with Crippen molar-refractivity contribution in [3.8, 4) is 0 Å². The van der Waals surface area contributed by atoms with Crippen LogP contribution in [-0.2, 0) is 0 Å². The third-order valence-corrected chi connectivity index (χ3v) is 4.46. The van der Waals surface area contributed by atoms with E-state index in [0.29, 0.717) is 11.8 Å². The van der Waals surface area contributed by atoms with Crippen LogP contribution in [0.3, 0.4) is 0 Å². The van der Waals surface area contributed by atoms with Gasteiger partial charge in [0.1, 0.15) is 13.3 Å². The average molecular weight is 232 g/mol. The van der Waals surface area contributed by atoms with Gasteiger partial charge in [0.15, 0.2) is 0 Å². The molecule has 3 unspecified atom stereocenters. The molecular weight excluding hydrogens is 210 g/mol. The summed E-state index contributed by atoms with van der Waals surface area (Å²) in [6.07, 6.45) is 1.90. The summed E-state index contributed by atoms with van der Waals surface area (Å²) in [5.41, 5.74) is 0. The predicted octanol–water partition coefficient (Wildman–Crippen LogP) is 1.57. The lowest BCUT2D eigenvalue weighted by Crippen LogP contribution is -2.27. The van der Waals surface area contributed by atoms with Gasteiger partial charge in [-0.15, -0.1) is 0 Å². The molecule has 0 aromatic carbocycles. The first-order valence-electron chi connectivity index (χ1n) is 6.18. The summed E-state index contributed by atoms with van der Waals surface area (Å²) in [6.45, 7) is 1.46.